The summed E-state index contributed by atoms with van der Waals surface area (Å²) in [6.07, 6.45) is 0.169. The molecular weight excluding hydrogens is 149 g/mol. The van der Waals surface area contributed by atoms with Gasteiger partial charge < -0.3 is 15.4 Å². The average Bonchev–Trinajstić information content (AvgIpc) is 2.09. The second kappa shape index (κ2) is 3.14. The van der Waals surface area contributed by atoms with E-state index in [9.17, 15) is 5.11 Å². The summed E-state index contributed by atoms with van der Waals surface area (Å²) in [5.41, 5.74) is 5.69. The Hall–Kier alpha value is 0.310. The molecule has 1 saturated carbocycles. The van der Waals surface area contributed by atoms with Crippen LogP contribution < -0.4 is 5.73 Å². The molecule has 10 heavy (non-hydrogen) atoms. The highest BCUT2D eigenvalue weighted by Gasteiger charge is 2.37. The van der Waals surface area contributed by atoms with Gasteiger partial charge in [-0.1, -0.05) is 6.92 Å². The first-order chi connectivity index (χ1) is 4.66. The molecular formula is C6H14NO2P. The van der Waals surface area contributed by atoms with Crippen LogP contribution in [0.4, 0.5) is 0 Å². The fourth-order valence-corrected chi connectivity index (χ4v) is 1.87. The van der Waals surface area contributed by atoms with E-state index in [-0.39, 0.29) is 24.2 Å². The number of aliphatic hydroxyl groups excluding tert-OH is 1. The van der Waals surface area contributed by atoms with Crippen molar-refractivity contribution in [3.63, 3.8) is 0 Å². The lowest BCUT2D eigenvalue weighted by Gasteiger charge is -2.17. The lowest BCUT2D eigenvalue weighted by molar-refractivity contribution is 0.0551. The molecule has 60 valence electrons. The lowest BCUT2D eigenvalue weighted by atomic mass is 10.1. The molecule has 0 aromatic heterocycles. The van der Waals surface area contributed by atoms with E-state index in [2.05, 4.69) is 9.47 Å². The third-order valence-corrected chi connectivity index (χ3v) is 2.56. The van der Waals surface area contributed by atoms with Crippen molar-refractivity contribution in [1.29, 1.82) is 0 Å². The largest absolute Gasteiger partial charge is 0.390 e. The number of hydrogen-bond donors (Lipinski definition) is 2. The standard InChI is InChI=1S/C6H14NO2P/c1-3-4(7)2-5(8)6(3)9-10/h3-6,8H,2,7,10H2,1H3. The summed E-state index contributed by atoms with van der Waals surface area (Å²) in [6.45, 7) is 2.00. The summed E-state index contributed by atoms with van der Waals surface area (Å²) in [6, 6.07) is 0.0838. The van der Waals surface area contributed by atoms with Gasteiger partial charge in [0.15, 0.2) is 0 Å². The van der Waals surface area contributed by atoms with Crippen LogP contribution in [0.15, 0.2) is 0 Å². The van der Waals surface area contributed by atoms with Crippen LogP contribution in [0.5, 0.6) is 0 Å². The van der Waals surface area contributed by atoms with Gasteiger partial charge in [0.2, 0.25) is 0 Å². The maximum atomic E-state index is 9.31. The maximum absolute atomic E-state index is 9.31. The molecule has 3 N–H and O–H groups in total. The van der Waals surface area contributed by atoms with Crippen LogP contribution in [0.1, 0.15) is 13.3 Å². The molecule has 0 bridgehead atoms. The molecule has 5 atom stereocenters. The molecule has 1 aliphatic rings. The number of rotatable bonds is 1. The van der Waals surface area contributed by atoms with Crippen molar-refractivity contribution in [3.8, 4) is 0 Å². The van der Waals surface area contributed by atoms with Crippen LogP contribution in [-0.4, -0.2) is 23.4 Å². The molecule has 0 spiro atoms. The number of nitrogens with two attached hydrogens (primary N) is 1. The zero-order valence-corrected chi connectivity index (χ0v) is 7.18. The molecule has 0 amide bonds. The van der Waals surface area contributed by atoms with Crippen LogP contribution in [0.3, 0.4) is 0 Å². The molecule has 0 heterocycles. The molecule has 5 unspecified atom stereocenters. The normalized spacial score (nSPS) is 48.0. The van der Waals surface area contributed by atoms with Gasteiger partial charge in [0, 0.05) is 21.4 Å². The lowest BCUT2D eigenvalue weighted by Crippen LogP contribution is -2.28. The third kappa shape index (κ3) is 1.32. The van der Waals surface area contributed by atoms with Gasteiger partial charge in [-0.25, -0.2) is 0 Å². The second-order valence-corrected chi connectivity index (χ2v) is 3.20. The summed E-state index contributed by atoms with van der Waals surface area (Å²) >= 11 is 0. The Morgan fingerprint density at radius 2 is 2.30 bits per heavy atom. The first kappa shape index (κ1) is 8.41. The Bertz CT molecular complexity index is 122. The van der Waals surface area contributed by atoms with Crippen molar-refractivity contribution in [3.05, 3.63) is 0 Å². The van der Waals surface area contributed by atoms with Crippen molar-refractivity contribution < 1.29 is 9.63 Å². The zero-order valence-electron chi connectivity index (χ0n) is 6.03. The summed E-state index contributed by atoms with van der Waals surface area (Å²) in [5.74, 6) is 0.257. The summed E-state index contributed by atoms with van der Waals surface area (Å²) in [4.78, 5) is 0. The van der Waals surface area contributed by atoms with E-state index >= 15 is 0 Å². The molecule has 0 aromatic rings. The Morgan fingerprint density at radius 3 is 2.50 bits per heavy atom. The van der Waals surface area contributed by atoms with E-state index in [0.717, 1.165) is 0 Å². The first-order valence-corrected chi connectivity index (χ1v) is 3.93. The van der Waals surface area contributed by atoms with Crippen LogP contribution >= 0.6 is 9.47 Å². The molecule has 0 aromatic carbocycles. The topological polar surface area (TPSA) is 55.5 Å². The van der Waals surface area contributed by atoms with Crippen LogP contribution in [-0.2, 0) is 4.52 Å². The molecule has 1 fully saturated rings. The van der Waals surface area contributed by atoms with Gasteiger partial charge in [0.1, 0.15) is 0 Å². The average molecular weight is 163 g/mol. The fraction of sp³-hybridized carbons (Fsp3) is 1.00. The molecule has 0 saturated heterocycles. The van der Waals surface area contributed by atoms with Gasteiger partial charge in [0.25, 0.3) is 0 Å². The molecule has 0 radical (unpaired) electrons. The third-order valence-electron chi connectivity index (χ3n) is 2.24. The Morgan fingerprint density at radius 1 is 1.70 bits per heavy atom. The zero-order chi connectivity index (χ0) is 7.72. The first-order valence-electron chi connectivity index (χ1n) is 3.46. The van der Waals surface area contributed by atoms with Crippen molar-refractivity contribution >= 4 is 9.47 Å². The van der Waals surface area contributed by atoms with Crippen LogP contribution in [0, 0.1) is 5.92 Å². The minimum Gasteiger partial charge on any atom is -0.390 e. The number of hydrogen-bond acceptors (Lipinski definition) is 3. The molecule has 3 nitrogen and oxygen atoms in total. The van der Waals surface area contributed by atoms with Crippen molar-refractivity contribution in [2.75, 3.05) is 0 Å². The molecule has 1 aliphatic carbocycles. The minimum absolute atomic E-state index is 0.0838. The van der Waals surface area contributed by atoms with E-state index in [1.807, 2.05) is 6.92 Å². The quantitative estimate of drug-likeness (QED) is 0.530. The Kier molecular flexibility index (Phi) is 2.64. The summed E-state index contributed by atoms with van der Waals surface area (Å²) in [7, 11) is 2.17. The second-order valence-electron chi connectivity index (χ2n) is 2.93. The summed E-state index contributed by atoms with van der Waals surface area (Å²) in [5, 5.41) is 9.31. The van der Waals surface area contributed by atoms with Crippen molar-refractivity contribution in [2.45, 2.75) is 31.6 Å². The fourth-order valence-electron chi connectivity index (χ4n) is 1.44. The van der Waals surface area contributed by atoms with Gasteiger partial charge in [-0.15, -0.1) is 0 Å². The van der Waals surface area contributed by atoms with Crippen LogP contribution in [0.2, 0.25) is 0 Å². The van der Waals surface area contributed by atoms with E-state index in [4.69, 9.17) is 10.3 Å². The van der Waals surface area contributed by atoms with Gasteiger partial charge >= 0.3 is 0 Å². The van der Waals surface area contributed by atoms with Gasteiger partial charge in [0.05, 0.1) is 12.2 Å². The monoisotopic (exact) mass is 163 g/mol. The van der Waals surface area contributed by atoms with E-state index in [1.165, 1.54) is 0 Å². The smallest absolute Gasteiger partial charge is 0.0910 e. The van der Waals surface area contributed by atoms with Gasteiger partial charge in [-0.3, -0.25) is 0 Å². The van der Waals surface area contributed by atoms with E-state index in [0.29, 0.717) is 6.42 Å². The predicted molar refractivity (Wildman–Crippen MR) is 42.3 cm³/mol. The predicted octanol–water partition coefficient (Wildman–Crippen LogP) is -0.110. The van der Waals surface area contributed by atoms with Crippen molar-refractivity contribution in [1.82, 2.24) is 0 Å². The van der Waals surface area contributed by atoms with Crippen molar-refractivity contribution in [2.24, 2.45) is 11.7 Å². The molecule has 1 rings (SSSR count). The molecule has 4 heteroatoms. The van der Waals surface area contributed by atoms with E-state index < -0.39 is 0 Å². The minimum atomic E-state index is -0.387. The van der Waals surface area contributed by atoms with Gasteiger partial charge in [-0.05, 0) is 6.42 Å². The SMILES string of the molecule is CC1C(N)CC(O)C1OP. The molecule has 0 aliphatic heterocycles. The Labute approximate surface area is 63.2 Å². The van der Waals surface area contributed by atoms with E-state index in [1.54, 1.807) is 0 Å². The highest BCUT2D eigenvalue weighted by atomic mass is 31.0. The number of aliphatic hydroxyl groups is 1. The highest BCUT2D eigenvalue weighted by Crippen LogP contribution is 2.28. The summed E-state index contributed by atoms with van der Waals surface area (Å²) < 4.78 is 4.99. The maximum Gasteiger partial charge on any atom is 0.0910 e. The highest BCUT2D eigenvalue weighted by molar-refractivity contribution is 7.09. The van der Waals surface area contributed by atoms with Gasteiger partial charge in [-0.2, -0.15) is 0 Å². The van der Waals surface area contributed by atoms with Crippen LogP contribution in [0.25, 0.3) is 0 Å². The Balaban J connectivity index is 2.55.